The van der Waals surface area contributed by atoms with Gasteiger partial charge >= 0.3 is 0 Å². The van der Waals surface area contributed by atoms with Crippen molar-refractivity contribution in [1.82, 2.24) is 14.5 Å². The Kier molecular flexibility index (Phi) is 4.43. The molecule has 5 nitrogen and oxygen atoms in total. The summed E-state index contributed by atoms with van der Waals surface area (Å²) in [6, 6.07) is 8.57. The summed E-state index contributed by atoms with van der Waals surface area (Å²) in [6.45, 7) is 7.15. The summed E-state index contributed by atoms with van der Waals surface area (Å²) in [5.74, 6) is 3.43. The third kappa shape index (κ3) is 2.98. The van der Waals surface area contributed by atoms with Gasteiger partial charge in [-0.1, -0.05) is 23.6 Å². The highest BCUT2D eigenvalue weighted by Gasteiger charge is 2.27. The van der Waals surface area contributed by atoms with Crippen LogP contribution in [0.1, 0.15) is 25.0 Å². The molecule has 0 bridgehead atoms. The van der Waals surface area contributed by atoms with Crippen molar-refractivity contribution >= 4 is 22.9 Å². The first-order valence-electron chi connectivity index (χ1n) is 9.02. The number of nitrogens with zero attached hydrogens (tertiary/aromatic N) is 4. The number of benzene rings is 1. The Bertz CT molecular complexity index is 1060. The number of terminal acetylenes is 1. The van der Waals surface area contributed by atoms with Gasteiger partial charge in [-0.25, -0.2) is 9.97 Å². The molecule has 27 heavy (non-hydrogen) atoms. The van der Waals surface area contributed by atoms with Crippen LogP contribution in [0.5, 0.6) is 0 Å². The van der Waals surface area contributed by atoms with Crippen LogP contribution in [0, 0.1) is 19.3 Å². The van der Waals surface area contributed by atoms with Crippen molar-refractivity contribution in [3.05, 3.63) is 53.6 Å². The summed E-state index contributed by atoms with van der Waals surface area (Å²) < 4.78 is 7.69. The highest BCUT2D eigenvalue weighted by molar-refractivity contribution is 6.00. The minimum atomic E-state index is 0.114. The van der Waals surface area contributed by atoms with E-state index in [-0.39, 0.29) is 6.04 Å². The van der Waals surface area contributed by atoms with Crippen LogP contribution in [0.3, 0.4) is 0 Å². The second kappa shape index (κ2) is 6.90. The highest BCUT2D eigenvalue weighted by Crippen LogP contribution is 2.38. The molecule has 3 aromatic rings. The lowest BCUT2D eigenvalue weighted by molar-refractivity contribution is 0.154. The first-order chi connectivity index (χ1) is 13.1. The minimum Gasteiger partial charge on any atom is -0.367 e. The van der Waals surface area contributed by atoms with Crippen LogP contribution in [0.4, 0.5) is 5.82 Å². The number of hydrogen-bond donors (Lipinski definition) is 0. The van der Waals surface area contributed by atoms with Gasteiger partial charge in [-0.3, -0.25) is 0 Å². The molecular weight excluding hydrogens is 336 g/mol. The van der Waals surface area contributed by atoms with Gasteiger partial charge in [-0.15, -0.1) is 6.42 Å². The lowest BCUT2D eigenvalue weighted by Crippen LogP contribution is -2.36. The van der Waals surface area contributed by atoms with Gasteiger partial charge in [-0.05, 0) is 39.0 Å². The van der Waals surface area contributed by atoms with E-state index in [4.69, 9.17) is 11.2 Å². The van der Waals surface area contributed by atoms with E-state index in [9.17, 15) is 0 Å². The second-order valence-electron chi connectivity index (χ2n) is 6.91. The van der Waals surface area contributed by atoms with E-state index in [1.54, 1.807) is 6.33 Å². The minimum absolute atomic E-state index is 0.114. The maximum atomic E-state index is 5.56. The Morgan fingerprint density at radius 1 is 1.19 bits per heavy atom. The Labute approximate surface area is 159 Å². The molecule has 3 heterocycles. The molecule has 1 aromatic carbocycles. The van der Waals surface area contributed by atoms with Gasteiger partial charge in [-0.2, -0.15) is 0 Å². The summed E-state index contributed by atoms with van der Waals surface area (Å²) in [5, 5.41) is 1.06. The molecule has 4 rings (SSSR count). The van der Waals surface area contributed by atoms with Crippen molar-refractivity contribution in [1.29, 1.82) is 0 Å². The third-order valence-corrected chi connectivity index (χ3v) is 4.86. The zero-order chi connectivity index (χ0) is 19.0. The van der Waals surface area contributed by atoms with Gasteiger partial charge in [0.25, 0.3) is 0 Å². The van der Waals surface area contributed by atoms with Crippen LogP contribution >= 0.6 is 0 Å². The topological polar surface area (TPSA) is 43.2 Å². The van der Waals surface area contributed by atoms with Gasteiger partial charge in [0, 0.05) is 23.1 Å². The van der Waals surface area contributed by atoms with Crippen LogP contribution in [0.2, 0.25) is 0 Å². The summed E-state index contributed by atoms with van der Waals surface area (Å²) >= 11 is 0. The zero-order valence-corrected chi connectivity index (χ0v) is 15.8. The van der Waals surface area contributed by atoms with Gasteiger partial charge in [0.15, 0.2) is 5.65 Å². The van der Waals surface area contributed by atoms with Crippen molar-refractivity contribution < 1.29 is 4.74 Å². The van der Waals surface area contributed by atoms with E-state index in [2.05, 4.69) is 82.7 Å². The number of anilines is 1. The normalized spacial score (nSPS) is 14.1. The maximum absolute atomic E-state index is 5.56. The highest BCUT2D eigenvalue weighted by atomic mass is 16.5. The van der Waals surface area contributed by atoms with Crippen LogP contribution in [0.25, 0.3) is 22.8 Å². The van der Waals surface area contributed by atoms with Crippen LogP contribution in [0.15, 0.2) is 42.5 Å². The number of allylic oxidation sites excluding steroid dienone is 1. The molecule has 2 aromatic heterocycles. The second-order valence-corrected chi connectivity index (χ2v) is 6.91. The van der Waals surface area contributed by atoms with E-state index in [1.807, 2.05) is 0 Å². The SMILES string of the molecule is C#CCOCC(C)N1C(C)=Cc2cn(-c3ccc(C)cc3)c3ncnc1c23. The third-order valence-electron chi connectivity index (χ3n) is 4.86. The van der Waals surface area contributed by atoms with E-state index >= 15 is 0 Å². The van der Waals surface area contributed by atoms with E-state index in [0.717, 1.165) is 33.8 Å². The molecule has 1 aliphatic rings. The molecule has 0 saturated heterocycles. The molecule has 1 atom stereocenters. The number of rotatable bonds is 5. The molecule has 0 amide bonds. The van der Waals surface area contributed by atoms with Crippen molar-refractivity contribution in [2.45, 2.75) is 26.8 Å². The monoisotopic (exact) mass is 358 g/mol. The van der Waals surface area contributed by atoms with E-state index in [0.29, 0.717) is 13.2 Å². The van der Waals surface area contributed by atoms with Gasteiger partial charge in [0.05, 0.1) is 18.0 Å². The largest absolute Gasteiger partial charge is 0.367 e. The summed E-state index contributed by atoms with van der Waals surface area (Å²) in [7, 11) is 0. The molecule has 0 aliphatic carbocycles. The fraction of sp³-hybridized carbons (Fsp3) is 0.273. The quantitative estimate of drug-likeness (QED) is 0.512. The summed E-state index contributed by atoms with van der Waals surface area (Å²) in [6.07, 6.45) is 11.2. The molecule has 1 unspecified atom stereocenters. The molecule has 0 fully saturated rings. The van der Waals surface area contributed by atoms with Crippen molar-refractivity contribution in [2.75, 3.05) is 18.1 Å². The van der Waals surface area contributed by atoms with Crippen LogP contribution in [-0.4, -0.2) is 33.8 Å². The molecule has 0 spiro atoms. The first kappa shape index (κ1) is 17.3. The Morgan fingerprint density at radius 3 is 2.70 bits per heavy atom. The molecule has 136 valence electrons. The Balaban J connectivity index is 1.81. The number of ether oxygens (including phenoxy) is 1. The van der Waals surface area contributed by atoms with Gasteiger partial charge < -0.3 is 14.2 Å². The summed E-state index contributed by atoms with van der Waals surface area (Å²) in [4.78, 5) is 11.4. The molecule has 0 saturated carbocycles. The first-order valence-corrected chi connectivity index (χ1v) is 9.02. The molecule has 5 heteroatoms. The fourth-order valence-electron chi connectivity index (χ4n) is 3.65. The molecular formula is C22H22N4O. The average Bonchev–Trinajstić information content (AvgIpc) is 3.02. The summed E-state index contributed by atoms with van der Waals surface area (Å²) in [5.41, 5.74) is 5.49. The fourth-order valence-corrected chi connectivity index (χ4v) is 3.65. The van der Waals surface area contributed by atoms with E-state index in [1.165, 1.54) is 5.56 Å². The maximum Gasteiger partial charge on any atom is 0.150 e. The zero-order valence-electron chi connectivity index (χ0n) is 15.8. The van der Waals surface area contributed by atoms with E-state index < -0.39 is 0 Å². The van der Waals surface area contributed by atoms with Crippen molar-refractivity contribution in [3.63, 3.8) is 0 Å². The predicted octanol–water partition coefficient (Wildman–Crippen LogP) is 3.95. The van der Waals surface area contributed by atoms with Gasteiger partial charge in [0.1, 0.15) is 18.8 Å². The Hall–Kier alpha value is -3.10. The molecule has 0 radical (unpaired) electrons. The smallest absolute Gasteiger partial charge is 0.150 e. The van der Waals surface area contributed by atoms with Crippen molar-refractivity contribution in [2.24, 2.45) is 0 Å². The number of aryl methyl sites for hydroxylation is 1. The number of aromatic nitrogens is 3. The lowest BCUT2D eigenvalue weighted by Gasteiger charge is -2.33. The number of hydrogen-bond acceptors (Lipinski definition) is 4. The predicted molar refractivity (Wildman–Crippen MR) is 109 cm³/mol. The average molecular weight is 358 g/mol. The molecule has 1 aliphatic heterocycles. The lowest BCUT2D eigenvalue weighted by atomic mass is 10.1. The standard InChI is InChI=1S/C22H22N4O/c1-5-10-27-13-17(4)26-16(3)11-18-12-25(19-8-6-15(2)7-9-19)21-20(18)22(26)24-14-23-21/h1,6-9,11-12,14,17H,10,13H2,2-4H3. The molecule has 0 N–H and O–H groups in total. The Morgan fingerprint density at radius 2 is 1.96 bits per heavy atom. The van der Waals surface area contributed by atoms with Crippen LogP contribution < -0.4 is 4.90 Å². The van der Waals surface area contributed by atoms with Crippen LogP contribution in [-0.2, 0) is 4.74 Å². The van der Waals surface area contributed by atoms with Gasteiger partial charge in [0.2, 0.25) is 0 Å². The van der Waals surface area contributed by atoms with Crippen molar-refractivity contribution in [3.8, 4) is 18.0 Å².